The van der Waals surface area contributed by atoms with Crippen LogP contribution in [0.25, 0.3) is 10.9 Å². The highest BCUT2D eigenvalue weighted by molar-refractivity contribution is 6.07. The summed E-state index contributed by atoms with van der Waals surface area (Å²) in [6, 6.07) is 1.35. The van der Waals surface area contributed by atoms with Crippen LogP contribution in [0.3, 0.4) is 0 Å². The van der Waals surface area contributed by atoms with Gasteiger partial charge in [-0.15, -0.1) is 0 Å². The predicted octanol–water partition coefficient (Wildman–Crippen LogP) is 3.86. The molecule has 0 radical (unpaired) electrons. The SMILES string of the molecule is C=CC=O.CN1CCCC(c2c(F)cc(C(N)=O)c3[nH]c4c(c23)CCCCC4)C1. The largest absolute Gasteiger partial charge is 0.366 e. The molecule has 0 spiro atoms. The van der Waals surface area contributed by atoms with Crippen LogP contribution in [-0.4, -0.2) is 42.2 Å². The molecule has 1 amide bonds. The lowest BCUT2D eigenvalue weighted by atomic mass is 9.85. The van der Waals surface area contributed by atoms with Crippen molar-refractivity contribution in [3.05, 3.63) is 46.9 Å². The van der Waals surface area contributed by atoms with Crippen molar-refractivity contribution in [3.63, 3.8) is 0 Å². The zero-order valence-corrected chi connectivity index (χ0v) is 17.1. The van der Waals surface area contributed by atoms with Crippen molar-refractivity contribution in [1.82, 2.24) is 9.88 Å². The van der Waals surface area contributed by atoms with Crippen LogP contribution in [0, 0.1) is 5.82 Å². The first kappa shape index (κ1) is 21.2. The minimum Gasteiger partial charge on any atom is -0.366 e. The smallest absolute Gasteiger partial charge is 0.250 e. The standard InChI is InChI=1S/C20H26FN3O.C3H4O/c1-24-9-5-6-12(11-24)17-15(21)10-14(20(22)25)19-18(17)13-7-3-2-4-8-16(13)23-19;1-2-3-4/h10,12,23H,2-9,11H2,1H3,(H2,22,25);2-3H,1H2. The van der Waals surface area contributed by atoms with E-state index in [1.54, 1.807) is 0 Å². The van der Waals surface area contributed by atoms with Gasteiger partial charge in [-0.1, -0.05) is 13.0 Å². The number of fused-ring (bicyclic) bond motifs is 3. The number of rotatable bonds is 3. The summed E-state index contributed by atoms with van der Waals surface area (Å²) in [5, 5.41) is 0.950. The number of aldehydes is 1. The fraction of sp³-hybridized carbons (Fsp3) is 0.478. The van der Waals surface area contributed by atoms with Gasteiger partial charge in [-0.3, -0.25) is 9.59 Å². The van der Waals surface area contributed by atoms with E-state index in [1.165, 1.54) is 29.8 Å². The van der Waals surface area contributed by atoms with Crippen molar-refractivity contribution in [2.45, 2.75) is 50.9 Å². The summed E-state index contributed by atoms with van der Waals surface area (Å²) in [5.41, 5.74) is 9.78. The Morgan fingerprint density at radius 1 is 1.31 bits per heavy atom. The third kappa shape index (κ3) is 4.42. The van der Waals surface area contributed by atoms with Gasteiger partial charge in [-0.2, -0.15) is 0 Å². The first-order valence-electron chi connectivity index (χ1n) is 10.4. The summed E-state index contributed by atoms with van der Waals surface area (Å²) in [6.07, 6.45) is 9.27. The van der Waals surface area contributed by atoms with Gasteiger partial charge in [0.1, 0.15) is 12.1 Å². The van der Waals surface area contributed by atoms with E-state index < -0.39 is 5.91 Å². The number of amides is 1. The number of hydrogen-bond acceptors (Lipinski definition) is 3. The Bertz CT molecular complexity index is 913. The van der Waals surface area contributed by atoms with Crippen LogP contribution in [-0.2, 0) is 17.6 Å². The van der Waals surface area contributed by atoms with Crippen molar-refractivity contribution in [2.75, 3.05) is 20.1 Å². The molecule has 0 bridgehead atoms. The van der Waals surface area contributed by atoms with Crippen molar-refractivity contribution < 1.29 is 14.0 Å². The van der Waals surface area contributed by atoms with Crippen LogP contribution in [0.4, 0.5) is 4.39 Å². The van der Waals surface area contributed by atoms with E-state index in [0.29, 0.717) is 6.29 Å². The summed E-state index contributed by atoms with van der Waals surface area (Å²) in [5.74, 6) is -0.661. The molecule has 2 aliphatic rings. The number of piperidine rings is 1. The van der Waals surface area contributed by atoms with Gasteiger partial charge in [0, 0.05) is 29.1 Å². The molecular formula is C23H30FN3O2. The van der Waals surface area contributed by atoms with E-state index in [1.807, 2.05) is 0 Å². The maximum atomic E-state index is 15.2. The molecule has 2 heterocycles. The van der Waals surface area contributed by atoms with E-state index in [4.69, 9.17) is 10.5 Å². The molecule has 4 rings (SSSR count). The number of hydrogen-bond donors (Lipinski definition) is 2. The van der Waals surface area contributed by atoms with E-state index in [-0.39, 0.29) is 17.3 Å². The van der Waals surface area contributed by atoms with Gasteiger partial charge >= 0.3 is 0 Å². The monoisotopic (exact) mass is 399 g/mol. The lowest BCUT2D eigenvalue weighted by molar-refractivity contribution is -0.104. The summed E-state index contributed by atoms with van der Waals surface area (Å²) >= 11 is 0. The number of aryl methyl sites for hydroxylation is 2. The van der Waals surface area contributed by atoms with Gasteiger partial charge in [0.25, 0.3) is 5.91 Å². The maximum Gasteiger partial charge on any atom is 0.250 e. The Balaban J connectivity index is 0.000000552. The molecule has 1 aromatic carbocycles. The highest BCUT2D eigenvalue weighted by atomic mass is 19.1. The minimum absolute atomic E-state index is 0.173. The second-order valence-electron chi connectivity index (χ2n) is 8.05. The van der Waals surface area contributed by atoms with Gasteiger partial charge in [-0.25, -0.2) is 4.39 Å². The van der Waals surface area contributed by atoms with Gasteiger partial charge in [-0.05, 0) is 69.8 Å². The summed E-state index contributed by atoms with van der Waals surface area (Å²) < 4.78 is 15.2. The molecular weight excluding hydrogens is 369 g/mol. The van der Waals surface area contributed by atoms with Crippen LogP contribution in [0.15, 0.2) is 18.7 Å². The second kappa shape index (κ2) is 9.35. The van der Waals surface area contributed by atoms with Crippen molar-refractivity contribution >= 4 is 23.1 Å². The van der Waals surface area contributed by atoms with Crippen molar-refractivity contribution in [2.24, 2.45) is 5.73 Å². The van der Waals surface area contributed by atoms with Gasteiger partial charge in [0.2, 0.25) is 0 Å². The first-order chi connectivity index (χ1) is 14.0. The van der Waals surface area contributed by atoms with Crippen LogP contribution in [0.5, 0.6) is 0 Å². The van der Waals surface area contributed by atoms with Gasteiger partial charge in [0.15, 0.2) is 0 Å². The number of primary amides is 1. The molecule has 0 saturated carbocycles. The number of aromatic nitrogens is 1. The molecule has 1 unspecified atom stereocenters. The van der Waals surface area contributed by atoms with Crippen molar-refractivity contribution in [3.8, 4) is 0 Å². The summed E-state index contributed by atoms with van der Waals surface area (Å²) in [6.45, 7) is 5.04. The lowest BCUT2D eigenvalue weighted by Crippen LogP contribution is -2.31. The topological polar surface area (TPSA) is 79.2 Å². The molecule has 1 aromatic heterocycles. The average Bonchev–Trinajstić information content (AvgIpc) is 2.89. The fourth-order valence-electron chi connectivity index (χ4n) is 4.75. The summed E-state index contributed by atoms with van der Waals surface area (Å²) in [4.78, 5) is 26.7. The Morgan fingerprint density at radius 3 is 2.69 bits per heavy atom. The number of benzene rings is 1. The van der Waals surface area contributed by atoms with Crippen LogP contribution in [0.1, 0.15) is 65.2 Å². The first-order valence-corrected chi connectivity index (χ1v) is 10.4. The third-order valence-electron chi connectivity index (χ3n) is 6.01. The quantitative estimate of drug-likeness (QED) is 0.467. The minimum atomic E-state index is -0.562. The molecule has 1 atom stereocenters. The van der Waals surface area contributed by atoms with E-state index >= 15 is 4.39 Å². The third-order valence-corrected chi connectivity index (χ3v) is 6.01. The molecule has 2 aromatic rings. The zero-order valence-electron chi connectivity index (χ0n) is 17.1. The average molecular weight is 400 g/mol. The second-order valence-corrected chi connectivity index (χ2v) is 8.05. The van der Waals surface area contributed by atoms with Crippen LogP contribution >= 0.6 is 0 Å². The van der Waals surface area contributed by atoms with E-state index in [9.17, 15) is 4.79 Å². The highest BCUT2D eigenvalue weighted by Crippen LogP contribution is 2.39. The predicted molar refractivity (Wildman–Crippen MR) is 114 cm³/mol. The number of nitrogens with two attached hydrogens (primary N) is 1. The Kier molecular flexibility index (Phi) is 6.85. The van der Waals surface area contributed by atoms with E-state index in [0.717, 1.165) is 68.1 Å². The number of H-pyrrole nitrogens is 1. The number of nitrogens with one attached hydrogen (secondary N) is 1. The zero-order chi connectivity index (χ0) is 21.0. The number of aromatic amines is 1. The molecule has 1 fully saturated rings. The van der Waals surface area contributed by atoms with Gasteiger partial charge < -0.3 is 15.6 Å². The fourth-order valence-corrected chi connectivity index (χ4v) is 4.75. The Morgan fingerprint density at radius 2 is 2.03 bits per heavy atom. The number of halogens is 1. The Labute approximate surface area is 171 Å². The molecule has 156 valence electrons. The molecule has 5 nitrogen and oxygen atoms in total. The molecule has 1 aliphatic heterocycles. The maximum absolute atomic E-state index is 15.2. The van der Waals surface area contributed by atoms with E-state index in [2.05, 4.69) is 23.5 Å². The normalized spacial score (nSPS) is 19.6. The van der Waals surface area contributed by atoms with Crippen molar-refractivity contribution in [1.29, 1.82) is 0 Å². The molecule has 3 N–H and O–H groups in total. The number of likely N-dealkylation sites (N-methyl/N-ethyl adjacent to an activating group) is 1. The molecule has 29 heavy (non-hydrogen) atoms. The Hall–Kier alpha value is -2.47. The number of nitrogens with zero attached hydrogens (tertiary/aromatic N) is 1. The summed E-state index contributed by atoms with van der Waals surface area (Å²) in [7, 11) is 2.09. The van der Waals surface area contributed by atoms with Crippen LogP contribution in [0.2, 0.25) is 0 Å². The lowest BCUT2D eigenvalue weighted by Gasteiger charge is -2.31. The molecule has 1 saturated heterocycles. The van der Waals surface area contributed by atoms with Gasteiger partial charge in [0.05, 0.1) is 11.1 Å². The number of carbonyl (C=O) groups is 2. The molecule has 6 heteroatoms. The number of likely N-dealkylation sites (tertiary alicyclic amines) is 1. The number of carbonyl (C=O) groups excluding carboxylic acids is 2. The molecule has 1 aliphatic carbocycles. The highest BCUT2D eigenvalue weighted by Gasteiger charge is 2.29. The van der Waals surface area contributed by atoms with Crippen LogP contribution < -0.4 is 5.73 Å². The number of allylic oxidation sites excluding steroid dienone is 1.